The third-order valence-electron chi connectivity index (χ3n) is 2.61. The van der Waals surface area contributed by atoms with E-state index in [-0.39, 0.29) is 23.6 Å². The van der Waals surface area contributed by atoms with E-state index in [2.05, 4.69) is 5.32 Å². The first-order chi connectivity index (χ1) is 7.41. The van der Waals surface area contributed by atoms with E-state index >= 15 is 0 Å². The third kappa shape index (κ3) is 2.97. The Labute approximate surface area is 95.5 Å². The van der Waals surface area contributed by atoms with E-state index in [0.717, 1.165) is 5.56 Å². The van der Waals surface area contributed by atoms with Crippen molar-refractivity contribution in [3.8, 4) is 5.75 Å². The molecule has 0 aliphatic carbocycles. The van der Waals surface area contributed by atoms with Crippen LogP contribution in [0.5, 0.6) is 5.75 Å². The molecule has 2 unspecified atom stereocenters. The van der Waals surface area contributed by atoms with Crippen molar-refractivity contribution >= 4 is 11.6 Å². The van der Waals surface area contributed by atoms with Crippen molar-refractivity contribution in [2.75, 3.05) is 5.32 Å². The molecule has 4 N–H and O–H groups in total. The summed E-state index contributed by atoms with van der Waals surface area (Å²) in [6.45, 7) is 5.43. The summed E-state index contributed by atoms with van der Waals surface area (Å²) in [5.74, 6) is -0.411. The van der Waals surface area contributed by atoms with Gasteiger partial charge in [0.05, 0.1) is 11.6 Å². The van der Waals surface area contributed by atoms with E-state index in [1.54, 1.807) is 32.0 Å². The fourth-order valence-corrected chi connectivity index (χ4v) is 1.24. The van der Waals surface area contributed by atoms with Gasteiger partial charge < -0.3 is 16.2 Å². The van der Waals surface area contributed by atoms with Crippen LogP contribution in [0.25, 0.3) is 0 Å². The Morgan fingerprint density at radius 2 is 2.06 bits per heavy atom. The molecule has 0 aliphatic rings. The minimum Gasteiger partial charge on any atom is -0.506 e. The first-order valence-corrected chi connectivity index (χ1v) is 5.28. The van der Waals surface area contributed by atoms with E-state index in [1.807, 2.05) is 6.92 Å². The summed E-state index contributed by atoms with van der Waals surface area (Å²) in [7, 11) is 0. The van der Waals surface area contributed by atoms with Crippen molar-refractivity contribution in [1.82, 2.24) is 0 Å². The lowest BCUT2D eigenvalue weighted by Crippen LogP contribution is -2.34. The number of carbonyl (C=O) groups is 1. The van der Waals surface area contributed by atoms with Gasteiger partial charge in [-0.25, -0.2) is 0 Å². The summed E-state index contributed by atoms with van der Waals surface area (Å²) in [5.41, 5.74) is 7.04. The highest BCUT2D eigenvalue weighted by Gasteiger charge is 2.18. The van der Waals surface area contributed by atoms with E-state index in [1.165, 1.54) is 0 Å². The zero-order chi connectivity index (χ0) is 12.3. The normalized spacial score (nSPS) is 14.2. The number of carbonyl (C=O) groups excluding carboxylic acids is 1. The minimum absolute atomic E-state index is 0.0656. The maximum absolute atomic E-state index is 11.7. The van der Waals surface area contributed by atoms with E-state index in [9.17, 15) is 9.90 Å². The first kappa shape index (κ1) is 12.5. The predicted octanol–water partition coefficient (Wildman–Crippen LogP) is 1.62. The molecule has 1 amide bonds. The average Bonchev–Trinajstić information content (AvgIpc) is 2.22. The lowest BCUT2D eigenvalue weighted by atomic mass is 10.0. The number of amides is 1. The smallest absolute Gasteiger partial charge is 0.228 e. The molecule has 0 saturated heterocycles. The molecule has 0 fully saturated rings. The minimum atomic E-state index is -0.292. The van der Waals surface area contributed by atoms with Crippen molar-refractivity contribution < 1.29 is 9.90 Å². The number of aromatic hydroxyl groups is 1. The van der Waals surface area contributed by atoms with Crippen molar-refractivity contribution in [3.63, 3.8) is 0 Å². The molecule has 0 aliphatic heterocycles. The van der Waals surface area contributed by atoms with Crippen LogP contribution in [0, 0.1) is 12.8 Å². The molecule has 0 bridgehead atoms. The molecular formula is C12H18N2O2. The van der Waals surface area contributed by atoms with Gasteiger partial charge in [0.25, 0.3) is 0 Å². The quantitative estimate of drug-likeness (QED) is 0.680. The Bertz CT molecular complexity index is 389. The Kier molecular flexibility index (Phi) is 3.90. The Morgan fingerprint density at radius 3 is 2.62 bits per heavy atom. The van der Waals surface area contributed by atoms with Gasteiger partial charge in [-0.05, 0) is 31.5 Å². The highest BCUT2D eigenvalue weighted by Crippen LogP contribution is 2.24. The molecule has 4 heteroatoms. The van der Waals surface area contributed by atoms with Crippen LogP contribution in [0.2, 0.25) is 0 Å². The number of hydrogen-bond acceptors (Lipinski definition) is 3. The lowest BCUT2D eigenvalue weighted by molar-refractivity contribution is -0.119. The van der Waals surface area contributed by atoms with Crippen molar-refractivity contribution in [2.45, 2.75) is 26.8 Å². The number of nitrogens with two attached hydrogens (primary N) is 1. The predicted molar refractivity (Wildman–Crippen MR) is 64.3 cm³/mol. The van der Waals surface area contributed by atoms with Crippen LogP contribution in [0.1, 0.15) is 19.4 Å². The molecule has 16 heavy (non-hydrogen) atoms. The molecule has 0 heterocycles. The summed E-state index contributed by atoms with van der Waals surface area (Å²) in [4.78, 5) is 11.7. The van der Waals surface area contributed by atoms with E-state index in [4.69, 9.17) is 5.73 Å². The molecule has 0 aromatic heterocycles. The number of benzene rings is 1. The SMILES string of the molecule is Cc1ccc(O)c(NC(=O)C(C)C(C)N)c1. The maximum Gasteiger partial charge on any atom is 0.228 e. The van der Waals surface area contributed by atoms with Crippen LogP contribution in [-0.4, -0.2) is 17.1 Å². The summed E-state index contributed by atoms with van der Waals surface area (Å²) in [6, 6.07) is 4.84. The zero-order valence-electron chi connectivity index (χ0n) is 9.82. The molecule has 4 nitrogen and oxygen atoms in total. The van der Waals surface area contributed by atoms with Gasteiger partial charge in [0, 0.05) is 6.04 Å². The second-order valence-corrected chi connectivity index (χ2v) is 4.16. The van der Waals surface area contributed by atoms with Gasteiger partial charge in [-0.15, -0.1) is 0 Å². The van der Waals surface area contributed by atoms with E-state index in [0.29, 0.717) is 5.69 Å². The van der Waals surface area contributed by atoms with Gasteiger partial charge in [0.15, 0.2) is 0 Å². The van der Waals surface area contributed by atoms with Crippen LogP contribution in [0.15, 0.2) is 18.2 Å². The number of rotatable bonds is 3. The molecule has 1 aromatic carbocycles. The number of nitrogens with one attached hydrogen (secondary N) is 1. The van der Waals surface area contributed by atoms with Crippen molar-refractivity contribution in [1.29, 1.82) is 0 Å². The van der Waals surface area contributed by atoms with Gasteiger partial charge in [-0.1, -0.05) is 13.0 Å². The number of phenolic OH excluding ortho intramolecular Hbond substituents is 1. The second kappa shape index (κ2) is 4.99. The van der Waals surface area contributed by atoms with Crippen LogP contribution < -0.4 is 11.1 Å². The Morgan fingerprint density at radius 1 is 1.44 bits per heavy atom. The van der Waals surface area contributed by atoms with Crippen LogP contribution in [-0.2, 0) is 4.79 Å². The van der Waals surface area contributed by atoms with Gasteiger partial charge in [0.2, 0.25) is 5.91 Å². The second-order valence-electron chi connectivity index (χ2n) is 4.16. The molecule has 0 spiro atoms. The fourth-order valence-electron chi connectivity index (χ4n) is 1.24. The zero-order valence-corrected chi connectivity index (χ0v) is 9.82. The van der Waals surface area contributed by atoms with Gasteiger partial charge >= 0.3 is 0 Å². The highest BCUT2D eigenvalue weighted by atomic mass is 16.3. The highest BCUT2D eigenvalue weighted by molar-refractivity contribution is 5.94. The largest absolute Gasteiger partial charge is 0.506 e. The molecule has 1 rings (SSSR count). The van der Waals surface area contributed by atoms with Crippen LogP contribution in [0.4, 0.5) is 5.69 Å². The molecule has 88 valence electrons. The number of phenols is 1. The molecule has 1 aromatic rings. The Hall–Kier alpha value is -1.55. The average molecular weight is 222 g/mol. The fraction of sp³-hybridized carbons (Fsp3) is 0.417. The lowest BCUT2D eigenvalue weighted by Gasteiger charge is -2.16. The van der Waals surface area contributed by atoms with Crippen molar-refractivity contribution in [2.24, 2.45) is 11.7 Å². The third-order valence-corrected chi connectivity index (χ3v) is 2.61. The van der Waals surface area contributed by atoms with Gasteiger partial charge in [0.1, 0.15) is 5.75 Å². The van der Waals surface area contributed by atoms with Crippen molar-refractivity contribution in [3.05, 3.63) is 23.8 Å². The van der Waals surface area contributed by atoms with Gasteiger partial charge in [-0.3, -0.25) is 4.79 Å². The number of hydrogen-bond donors (Lipinski definition) is 3. The molecular weight excluding hydrogens is 204 g/mol. The first-order valence-electron chi connectivity index (χ1n) is 5.28. The topological polar surface area (TPSA) is 75.3 Å². The van der Waals surface area contributed by atoms with Gasteiger partial charge in [-0.2, -0.15) is 0 Å². The summed E-state index contributed by atoms with van der Waals surface area (Å²) >= 11 is 0. The standard InChI is InChI=1S/C12H18N2O2/c1-7-4-5-11(15)10(6-7)14-12(16)8(2)9(3)13/h4-6,8-9,15H,13H2,1-3H3,(H,14,16). The summed E-state index contributed by atoms with van der Waals surface area (Å²) in [6.07, 6.45) is 0. The van der Waals surface area contributed by atoms with E-state index < -0.39 is 0 Å². The molecule has 0 saturated carbocycles. The number of aryl methyl sites for hydroxylation is 1. The molecule has 2 atom stereocenters. The Balaban J connectivity index is 2.80. The molecule has 0 radical (unpaired) electrons. The summed E-state index contributed by atoms with van der Waals surface area (Å²) < 4.78 is 0. The monoisotopic (exact) mass is 222 g/mol. The van der Waals surface area contributed by atoms with Crippen LogP contribution in [0.3, 0.4) is 0 Å². The van der Waals surface area contributed by atoms with Crippen LogP contribution >= 0.6 is 0 Å². The number of anilines is 1. The maximum atomic E-state index is 11.7. The summed E-state index contributed by atoms with van der Waals surface area (Å²) in [5, 5.41) is 12.2.